The van der Waals surface area contributed by atoms with E-state index in [2.05, 4.69) is 217 Å². The van der Waals surface area contributed by atoms with Crippen LogP contribution in [0.25, 0.3) is 60.9 Å². The SMILES string of the molecule is CC1(C)c2ccccc2-c2cc3c4cc(-c5ccc(N(c6ccccc6)c6ccccc6)cc5)ccc4n(-c4ccc(-c5ccccc5)cc4)c3cc21. The molecule has 9 aromatic rings. The minimum atomic E-state index is -0.0845. The Labute approximate surface area is 310 Å². The molecule has 0 fully saturated rings. The van der Waals surface area contributed by atoms with Crippen LogP contribution in [0.5, 0.6) is 0 Å². The van der Waals surface area contributed by atoms with Gasteiger partial charge in [0.25, 0.3) is 0 Å². The number of nitrogens with zero attached hydrogens (tertiary/aromatic N) is 2. The molecule has 0 N–H and O–H groups in total. The average Bonchev–Trinajstić information content (AvgIpc) is 3.66. The maximum atomic E-state index is 2.46. The average molecular weight is 679 g/mol. The summed E-state index contributed by atoms with van der Waals surface area (Å²) in [6, 6.07) is 70.7. The number of anilines is 3. The minimum absolute atomic E-state index is 0.0845. The van der Waals surface area contributed by atoms with Crippen molar-refractivity contribution in [2.24, 2.45) is 0 Å². The van der Waals surface area contributed by atoms with Crippen molar-refractivity contribution in [1.82, 2.24) is 4.57 Å². The Morgan fingerprint density at radius 2 is 0.887 bits per heavy atom. The molecule has 2 heteroatoms. The largest absolute Gasteiger partial charge is 0.311 e. The van der Waals surface area contributed by atoms with E-state index >= 15 is 0 Å². The number of hydrogen-bond acceptors (Lipinski definition) is 1. The lowest BCUT2D eigenvalue weighted by Gasteiger charge is -2.25. The first-order valence-electron chi connectivity index (χ1n) is 18.4. The molecule has 0 radical (unpaired) electrons. The second-order valence-corrected chi connectivity index (χ2v) is 14.6. The summed E-state index contributed by atoms with van der Waals surface area (Å²) in [6.07, 6.45) is 0. The van der Waals surface area contributed by atoms with E-state index in [1.165, 1.54) is 66.3 Å². The van der Waals surface area contributed by atoms with Crippen LogP contribution >= 0.6 is 0 Å². The lowest BCUT2D eigenvalue weighted by molar-refractivity contribution is 0.661. The first-order valence-corrected chi connectivity index (χ1v) is 18.4. The quantitative estimate of drug-likeness (QED) is 0.170. The zero-order valence-corrected chi connectivity index (χ0v) is 29.9. The molecule has 0 amide bonds. The predicted molar refractivity (Wildman–Crippen MR) is 224 cm³/mol. The normalized spacial score (nSPS) is 12.9. The van der Waals surface area contributed by atoms with E-state index in [1.54, 1.807) is 0 Å². The lowest BCUT2D eigenvalue weighted by Crippen LogP contribution is -2.14. The van der Waals surface area contributed by atoms with Crippen LogP contribution in [0.3, 0.4) is 0 Å². The van der Waals surface area contributed by atoms with Gasteiger partial charge in [-0.25, -0.2) is 0 Å². The van der Waals surface area contributed by atoms with Gasteiger partial charge in [-0.2, -0.15) is 0 Å². The molecule has 1 heterocycles. The second kappa shape index (κ2) is 12.3. The van der Waals surface area contributed by atoms with Gasteiger partial charge < -0.3 is 9.47 Å². The van der Waals surface area contributed by atoms with Crippen LogP contribution in [-0.4, -0.2) is 4.57 Å². The molecule has 0 unspecified atom stereocenters. The van der Waals surface area contributed by atoms with E-state index in [0.29, 0.717) is 0 Å². The molecule has 0 saturated heterocycles. The zero-order chi connectivity index (χ0) is 35.5. The smallest absolute Gasteiger partial charge is 0.0544 e. The van der Waals surface area contributed by atoms with Gasteiger partial charge in [-0.15, -0.1) is 0 Å². The zero-order valence-electron chi connectivity index (χ0n) is 29.9. The van der Waals surface area contributed by atoms with Crippen LogP contribution in [0.1, 0.15) is 25.0 Å². The summed E-state index contributed by atoms with van der Waals surface area (Å²) in [7, 11) is 0. The highest BCUT2D eigenvalue weighted by Gasteiger charge is 2.36. The number of fused-ring (bicyclic) bond motifs is 6. The third kappa shape index (κ3) is 5.10. The van der Waals surface area contributed by atoms with Crippen molar-refractivity contribution < 1.29 is 0 Å². The summed E-state index contributed by atoms with van der Waals surface area (Å²) in [5.41, 5.74) is 17.2. The summed E-state index contributed by atoms with van der Waals surface area (Å²) in [5, 5.41) is 2.53. The van der Waals surface area contributed by atoms with Crippen molar-refractivity contribution >= 4 is 38.9 Å². The van der Waals surface area contributed by atoms with Crippen LogP contribution in [-0.2, 0) is 5.41 Å². The Hall–Kier alpha value is -6.64. The summed E-state index contributed by atoms with van der Waals surface area (Å²) in [6.45, 7) is 4.73. The minimum Gasteiger partial charge on any atom is -0.311 e. The highest BCUT2D eigenvalue weighted by Crippen LogP contribution is 2.51. The maximum absolute atomic E-state index is 2.46. The van der Waals surface area contributed by atoms with E-state index < -0.39 is 0 Å². The number of benzene rings is 8. The fourth-order valence-electron chi connectivity index (χ4n) is 8.51. The third-order valence-electron chi connectivity index (χ3n) is 11.2. The Balaban J connectivity index is 1.13. The molecule has 0 aliphatic heterocycles. The first kappa shape index (κ1) is 31.1. The summed E-state index contributed by atoms with van der Waals surface area (Å²) >= 11 is 0. The Kier molecular flexibility index (Phi) is 7.19. The second-order valence-electron chi connectivity index (χ2n) is 14.6. The molecule has 8 aromatic carbocycles. The highest BCUT2D eigenvalue weighted by molar-refractivity contribution is 6.12. The Morgan fingerprint density at radius 1 is 0.377 bits per heavy atom. The van der Waals surface area contributed by atoms with Crippen LogP contribution in [0.15, 0.2) is 194 Å². The van der Waals surface area contributed by atoms with Crippen molar-refractivity contribution in [3.63, 3.8) is 0 Å². The van der Waals surface area contributed by atoms with Gasteiger partial charge in [0.1, 0.15) is 0 Å². The first-order chi connectivity index (χ1) is 26.0. The van der Waals surface area contributed by atoms with E-state index in [9.17, 15) is 0 Å². The molecule has 10 rings (SSSR count). The summed E-state index contributed by atoms with van der Waals surface area (Å²) < 4.78 is 2.46. The van der Waals surface area contributed by atoms with Crippen molar-refractivity contribution in [1.29, 1.82) is 0 Å². The van der Waals surface area contributed by atoms with Gasteiger partial charge in [0.2, 0.25) is 0 Å². The number of rotatable bonds is 6. The standard InChI is InChI=1S/C51H38N2/c1-51(2)47-21-13-12-20-43(47)44-33-46-45-32-38(37-24-27-41(28-25-37)52(39-16-8-4-9-17-39)40-18-10-5-11-19-40)26-31-49(45)53(50(46)34-48(44)51)42-29-22-36(23-30-42)35-14-6-3-7-15-35/h3-34H,1-2H3. The van der Waals surface area contributed by atoms with E-state index in [-0.39, 0.29) is 5.41 Å². The summed E-state index contributed by atoms with van der Waals surface area (Å²) in [5.74, 6) is 0. The van der Waals surface area contributed by atoms with Crippen LogP contribution < -0.4 is 4.90 Å². The molecule has 1 aliphatic carbocycles. The lowest BCUT2D eigenvalue weighted by atomic mass is 9.82. The third-order valence-corrected chi connectivity index (χ3v) is 11.2. The molecule has 2 nitrogen and oxygen atoms in total. The highest BCUT2D eigenvalue weighted by atomic mass is 15.1. The maximum Gasteiger partial charge on any atom is 0.0544 e. The monoisotopic (exact) mass is 678 g/mol. The Morgan fingerprint density at radius 3 is 1.57 bits per heavy atom. The predicted octanol–water partition coefficient (Wildman–Crippen LogP) is 13.9. The molecular formula is C51H38N2. The number of hydrogen-bond donors (Lipinski definition) is 0. The number of para-hydroxylation sites is 2. The van der Waals surface area contributed by atoms with Gasteiger partial charge in [-0.05, 0) is 117 Å². The topological polar surface area (TPSA) is 8.17 Å². The van der Waals surface area contributed by atoms with Gasteiger partial charge in [-0.3, -0.25) is 0 Å². The molecule has 0 spiro atoms. The van der Waals surface area contributed by atoms with Crippen molar-refractivity contribution in [3.05, 3.63) is 205 Å². The van der Waals surface area contributed by atoms with Gasteiger partial charge in [0.05, 0.1) is 11.0 Å². The molecule has 1 aliphatic rings. The molecular weight excluding hydrogens is 641 g/mol. The molecule has 0 atom stereocenters. The van der Waals surface area contributed by atoms with Crippen LogP contribution in [0, 0.1) is 0 Å². The molecule has 252 valence electrons. The fourth-order valence-corrected chi connectivity index (χ4v) is 8.51. The van der Waals surface area contributed by atoms with Crippen LogP contribution in [0.4, 0.5) is 17.1 Å². The molecule has 0 bridgehead atoms. The van der Waals surface area contributed by atoms with Gasteiger partial charge in [-0.1, -0.05) is 135 Å². The van der Waals surface area contributed by atoms with Gasteiger partial charge in [0, 0.05) is 38.9 Å². The Bertz CT molecular complexity index is 2720. The van der Waals surface area contributed by atoms with E-state index in [0.717, 1.165) is 22.7 Å². The molecule has 53 heavy (non-hydrogen) atoms. The van der Waals surface area contributed by atoms with E-state index in [1.807, 2.05) is 0 Å². The fraction of sp³-hybridized carbons (Fsp3) is 0.0588. The number of aromatic nitrogens is 1. The van der Waals surface area contributed by atoms with E-state index in [4.69, 9.17) is 0 Å². The van der Waals surface area contributed by atoms with Crippen LogP contribution in [0.2, 0.25) is 0 Å². The van der Waals surface area contributed by atoms with Crippen molar-refractivity contribution in [2.75, 3.05) is 4.90 Å². The molecule has 0 saturated carbocycles. The van der Waals surface area contributed by atoms with Crippen molar-refractivity contribution in [3.8, 4) is 39.1 Å². The van der Waals surface area contributed by atoms with Crippen molar-refractivity contribution in [2.45, 2.75) is 19.3 Å². The van der Waals surface area contributed by atoms with Gasteiger partial charge in [0.15, 0.2) is 0 Å². The summed E-state index contributed by atoms with van der Waals surface area (Å²) in [4.78, 5) is 2.31. The molecule has 1 aromatic heterocycles. The van der Waals surface area contributed by atoms with Gasteiger partial charge >= 0.3 is 0 Å².